The lowest BCUT2D eigenvalue weighted by Gasteiger charge is -2.50. The van der Waals surface area contributed by atoms with Crippen LogP contribution in [0.1, 0.15) is 0 Å². The summed E-state index contributed by atoms with van der Waals surface area (Å²) in [5.41, 5.74) is 21.6. The SMILES string of the molecule is c1ccc(N(c2ccccc2)c2cc3c4c(c2)N2B(c5ccccc5-c5ccccc52)c2cccc(c2-4)B2c4ccccc4-c4ccccc4N23)cc1. The standard InChI is InChI=1S/C48H31B2N3/c1-3-16-32(17-4-1)51(33-18-5-2-6-19-33)34-30-45-48-46(31-34)53-44-29-14-10-23-38(44)36-21-8-12-25-40(36)50(53)42-27-15-26-41(47(42)48)49-39-24-11-7-20-35(39)37-22-9-13-28-43(37)52(45)49/h1-31H. The van der Waals surface area contributed by atoms with Crippen LogP contribution in [-0.4, -0.2) is 13.7 Å². The smallest absolute Gasteiger partial charge is 0.329 e. The molecule has 0 atom stereocenters. The molecule has 0 unspecified atom stereocenters. The van der Waals surface area contributed by atoms with Crippen LogP contribution >= 0.6 is 0 Å². The second kappa shape index (κ2) is 10.9. The highest BCUT2D eigenvalue weighted by atomic mass is 15.2. The van der Waals surface area contributed by atoms with E-state index in [1.165, 1.54) is 78.0 Å². The minimum Gasteiger partial charge on any atom is -0.376 e. The third-order valence-corrected chi connectivity index (χ3v) is 11.8. The van der Waals surface area contributed by atoms with Gasteiger partial charge >= 0.3 is 13.7 Å². The Labute approximate surface area is 310 Å². The average molecular weight is 671 g/mol. The molecule has 0 fully saturated rings. The molecule has 4 heterocycles. The molecular weight excluding hydrogens is 640 g/mol. The van der Waals surface area contributed by atoms with Gasteiger partial charge in [0.2, 0.25) is 0 Å². The molecule has 4 aliphatic rings. The molecule has 4 aliphatic heterocycles. The summed E-state index contributed by atoms with van der Waals surface area (Å²) >= 11 is 0. The minimum atomic E-state index is 0.0196. The Morgan fingerprint density at radius 2 is 0.698 bits per heavy atom. The first kappa shape index (κ1) is 28.9. The number of fused-ring (bicyclic) bond motifs is 16. The van der Waals surface area contributed by atoms with E-state index in [-0.39, 0.29) is 13.7 Å². The molecule has 5 heteroatoms. The zero-order valence-corrected chi connectivity index (χ0v) is 28.9. The Morgan fingerprint density at radius 3 is 1.19 bits per heavy atom. The average Bonchev–Trinajstić information content (AvgIpc) is 3.23. The van der Waals surface area contributed by atoms with Crippen molar-refractivity contribution in [2.75, 3.05) is 14.5 Å². The maximum Gasteiger partial charge on any atom is 0.329 e. The second-order valence-electron chi connectivity index (χ2n) is 14.4. The van der Waals surface area contributed by atoms with Gasteiger partial charge in [0.1, 0.15) is 0 Å². The summed E-state index contributed by atoms with van der Waals surface area (Å²) in [6.45, 7) is 0.0393. The number of benzene rings is 8. The number of hydrogen-bond acceptors (Lipinski definition) is 3. The molecule has 8 aromatic carbocycles. The van der Waals surface area contributed by atoms with E-state index in [1.54, 1.807) is 0 Å². The maximum atomic E-state index is 2.64. The summed E-state index contributed by atoms with van der Waals surface area (Å²) in [7, 11) is 0. The molecule has 0 aromatic heterocycles. The molecule has 0 radical (unpaired) electrons. The van der Waals surface area contributed by atoms with Crippen molar-refractivity contribution in [1.82, 2.24) is 0 Å². The van der Waals surface area contributed by atoms with Gasteiger partial charge in [-0.05, 0) is 87.1 Å². The predicted octanol–water partition coefficient (Wildman–Crippen LogP) is 9.30. The summed E-state index contributed by atoms with van der Waals surface area (Å²) in [6, 6.07) is 69.7. The summed E-state index contributed by atoms with van der Waals surface area (Å²) in [6.07, 6.45) is 0. The summed E-state index contributed by atoms with van der Waals surface area (Å²) in [5.74, 6) is 0. The lowest BCUT2D eigenvalue weighted by molar-refractivity contribution is 1.25. The van der Waals surface area contributed by atoms with Crippen molar-refractivity contribution < 1.29 is 0 Å². The van der Waals surface area contributed by atoms with Crippen molar-refractivity contribution in [3.8, 4) is 33.4 Å². The van der Waals surface area contributed by atoms with Crippen molar-refractivity contribution in [2.45, 2.75) is 0 Å². The molecule has 0 saturated heterocycles. The number of nitrogens with zero attached hydrogens (tertiary/aromatic N) is 3. The number of para-hydroxylation sites is 4. The number of hydrogen-bond donors (Lipinski definition) is 0. The van der Waals surface area contributed by atoms with Gasteiger partial charge in [-0.15, -0.1) is 0 Å². The Kier molecular flexibility index (Phi) is 5.95. The fourth-order valence-corrected chi connectivity index (χ4v) is 9.79. The van der Waals surface area contributed by atoms with Crippen molar-refractivity contribution in [3.05, 3.63) is 188 Å². The van der Waals surface area contributed by atoms with Gasteiger partial charge in [-0.25, -0.2) is 0 Å². The summed E-state index contributed by atoms with van der Waals surface area (Å²) in [5, 5.41) is 0. The first-order valence-corrected chi connectivity index (χ1v) is 18.5. The molecule has 3 nitrogen and oxygen atoms in total. The minimum absolute atomic E-state index is 0.0196. The molecule has 0 spiro atoms. The van der Waals surface area contributed by atoms with Crippen molar-refractivity contribution in [2.24, 2.45) is 0 Å². The van der Waals surface area contributed by atoms with Crippen LogP contribution in [-0.2, 0) is 0 Å². The quantitative estimate of drug-likeness (QED) is 0.174. The first-order chi connectivity index (χ1) is 26.3. The molecule has 12 rings (SSSR count). The van der Waals surface area contributed by atoms with Gasteiger partial charge < -0.3 is 14.5 Å². The van der Waals surface area contributed by atoms with E-state index in [2.05, 4.69) is 203 Å². The molecular formula is C48H31B2N3. The van der Waals surface area contributed by atoms with Crippen LogP contribution in [0.4, 0.5) is 39.8 Å². The molecule has 0 bridgehead atoms. The Hall–Kier alpha value is -6.71. The highest BCUT2D eigenvalue weighted by molar-refractivity contribution is 6.97. The van der Waals surface area contributed by atoms with Crippen LogP contribution < -0.4 is 36.4 Å². The van der Waals surface area contributed by atoms with E-state index in [4.69, 9.17) is 0 Å². The third kappa shape index (κ3) is 3.91. The second-order valence-corrected chi connectivity index (χ2v) is 14.4. The molecule has 0 amide bonds. The van der Waals surface area contributed by atoms with Crippen LogP contribution in [0, 0.1) is 0 Å². The van der Waals surface area contributed by atoms with Gasteiger partial charge in [0, 0.05) is 50.8 Å². The van der Waals surface area contributed by atoms with E-state index in [0.717, 1.165) is 17.1 Å². The fourth-order valence-electron chi connectivity index (χ4n) is 9.79. The van der Waals surface area contributed by atoms with E-state index >= 15 is 0 Å². The zero-order valence-electron chi connectivity index (χ0n) is 28.9. The molecule has 244 valence electrons. The van der Waals surface area contributed by atoms with E-state index < -0.39 is 0 Å². The zero-order chi connectivity index (χ0) is 34.6. The number of rotatable bonds is 3. The highest BCUT2D eigenvalue weighted by Crippen LogP contribution is 2.55. The molecule has 0 aliphatic carbocycles. The monoisotopic (exact) mass is 671 g/mol. The van der Waals surface area contributed by atoms with Gasteiger partial charge in [0.05, 0.1) is 5.69 Å². The Bertz CT molecular complexity index is 2600. The van der Waals surface area contributed by atoms with Gasteiger partial charge in [0.25, 0.3) is 0 Å². The fraction of sp³-hybridized carbons (Fsp3) is 0. The third-order valence-electron chi connectivity index (χ3n) is 11.8. The van der Waals surface area contributed by atoms with Crippen molar-refractivity contribution in [1.29, 1.82) is 0 Å². The van der Waals surface area contributed by atoms with Gasteiger partial charge in [-0.2, -0.15) is 0 Å². The van der Waals surface area contributed by atoms with Gasteiger partial charge in [0.15, 0.2) is 0 Å². The predicted molar refractivity (Wildman–Crippen MR) is 225 cm³/mol. The van der Waals surface area contributed by atoms with Gasteiger partial charge in [-0.1, -0.05) is 140 Å². The Morgan fingerprint density at radius 1 is 0.302 bits per heavy atom. The normalized spacial score (nSPS) is 13.5. The molecule has 0 saturated carbocycles. The molecule has 53 heavy (non-hydrogen) atoms. The first-order valence-electron chi connectivity index (χ1n) is 18.5. The van der Waals surface area contributed by atoms with Crippen LogP contribution in [0.3, 0.4) is 0 Å². The maximum absolute atomic E-state index is 2.64. The summed E-state index contributed by atoms with van der Waals surface area (Å²) < 4.78 is 0. The van der Waals surface area contributed by atoms with Gasteiger partial charge in [-0.3, -0.25) is 0 Å². The van der Waals surface area contributed by atoms with Crippen LogP contribution in [0.15, 0.2) is 188 Å². The van der Waals surface area contributed by atoms with Crippen LogP contribution in [0.5, 0.6) is 0 Å². The van der Waals surface area contributed by atoms with E-state index in [0.29, 0.717) is 0 Å². The largest absolute Gasteiger partial charge is 0.376 e. The van der Waals surface area contributed by atoms with E-state index in [1.807, 2.05) is 0 Å². The molecule has 8 aromatic rings. The van der Waals surface area contributed by atoms with Crippen LogP contribution in [0.2, 0.25) is 0 Å². The summed E-state index contributed by atoms with van der Waals surface area (Å²) in [4.78, 5) is 7.71. The van der Waals surface area contributed by atoms with Crippen molar-refractivity contribution in [3.63, 3.8) is 0 Å². The van der Waals surface area contributed by atoms with Crippen molar-refractivity contribution >= 4 is 75.4 Å². The molecule has 0 N–H and O–H groups in total. The van der Waals surface area contributed by atoms with Crippen LogP contribution in [0.25, 0.3) is 33.4 Å². The van der Waals surface area contributed by atoms with E-state index in [9.17, 15) is 0 Å². The topological polar surface area (TPSA) is 9.72 Å². The highest BCUT2D eigenvalue weighted by Gasteiger charge is 2.50. The lowest BCUT2D eigenvalue weighted by Crippen LogP contribution is -2.65. The Balaban J connectivity index is 1.24. The lowest BCUT2D eigenvalue weighted by atomic mass is 9.37. The number of anilines is 7.